The number of carbonyl (C=O) groups excluding carboxylic acids is 2. The lowest BCUT2D eigenvalue weighted by atomic mass is 9.99. The van der Waals surface area contributed by atoms with Crippen LogP contribution in [0, 0.1) is 10.1 Å². The van der Waals surface area contributed by atoms with Gasteiger partial charge in [-0.3, -0.25) is 14.9 Å². The van der Waals surface area contributed by atoms with Crippen molar-refractivity contribution in [1.82, 2.24) is 0 Å². The Hall–Kier alpha value is -4.49. The topological polar surface area (TPSA) is 95.7 Å². The second-order valence-electron chi connectivity index (χ2n) is 7.45. The van der Waals surface area contributed by atoms with Gasteiger partial charge in [0.15, 0.2) is 6.10 Å². The third-order valence-corrected chi connectivity index (χ3v) is 5.30. The number of nitro benzene ring substituents is 1. The first-order chi connectivity index (χ1) is 16.9. The van der Waals surface area contributed by atoms with Crippen molar-refractivity contribution < 1.29 is 24.0 Å². The monoisotopic (exact) mass is 487 g/mol. The van der Waals surface area contributed by atoms with Crippen LogP contribution in [0.2, 0.25) is 5.02 Å². The molecule has 4 aromatic carbocycles. The number of halogens is 1. The molecule has 0 amide bonds. The molecule has 1 atom stereocenters. The van der Waals surface area contributed by atoms with Crippen molar-refractivity contribution in [1.29, 1.82) is 0 Å². The molecule has 0 saturated heterocycles. The average Bonchev–Trinajstić information content (AvgIpc) is 2.88. The van der Waals surface area contributed by atoms with Gasteiger partial charge in [0.2, 0.25) is 5.78 Å². The lowest BCUT2D eigenvalue weighted by molar-refractivity contribution is -0.384. The minimum absolute atomic E-state index is 0.0639. The summed E-state index contributed by atoms with van der Waals surface area (Å²) in [6, 6.07) is 26.8. The predicted molar refractivity (Wildman–Crippen MR) is 130 cm³/mol. The summed E-state index contributed by atoms with van der Waals surface area (Å²) in [5.41, 5.74) is 0.987. The molecular formula is C27H18ClNO6. The van der Waals surface area contributed by atoms with Gasteiger partial charge in [0.1, 0.15) is 11.5 Å². The molecule has 0 aliphatic carbocycles. The van der Waals surface area contributed by atoms with Gasteiger partial charge in [0.05, 0.1) is 10.5 Å². The molecule has 174 valence electrons. The standard InChI is InChI=1S/C27H18ClNO6/c28-21-11-9-19(10-12-21)26(25(30)18-5-2-1-3-6-18)35-27(31)20-7-4-8-24(17-20)34-23-15-13-22(14-16-23)29(32)33/h1-17,26H/t26-/m0/s1. The highest BCUT2D eigenvalue weighted by atomic mass is 35.5. The third-order valence-electron chi connectivity index (χ3n) is 5.05. The Morgan fingerprint density at radius 1 is 0.771 bits per heavy atom. The molecule has 8 heteroatoms. The second kappa shape index (κ2) is 10.6. The van der Waals surface area contributed by atoms with E-state index < -0.39 is 17.0 Å². The van der Waals surface area contributed by atoms with Crippen molar-refractivity contribution in [3.05, 3.63) is 135 Å². The highest BCUT2D eigenvalue weighted by Gasteiger charge is 2.27. The van der Waals surface area contributed by atoms with Crippen LogP contribution in [0.25, 0.3) is 0 Å². The second-order valence-corrected chi connectivity index (χ2v) is 7.88. The predicted octanol–water partition coefficient (Wildman–Crippen LogP) is 6.82. The lowest BCUT2D eigenvalue weighted by Crippen LogP contribution is -2.20. The fourth-order valence-corrected chi connectivity index (χ4v) is 3.42. The van der Waals surface area contributed by atoms with Gasteiger partial charge < -0.3 is 9.47 Å². The van der Waals surface area contributed by atoms with E-state index in [1.165, 1.54) is 36.4 Å². The van der Waals surface area contributed by atoms with Crippen LogP contribution < -0.4 is 4.74 Å². The average molecular weight is 488 g/mol. The first kappa shape index (κ1) is 23.7. The Labute approximate surface area is 205 Å². The van der Waals surface area contributed by atoms with Crippen molar-refractivity contribution in [2.45, 2.75) is 6.10 Å². The van der Waals surface area contributed by atoms with E-state index in [9.17, 15) is 19.7 Å². The van der Waals surface area contributed by atoms with Crippen molar-refractivity contribution in [2.24, 2.45) is 0 Å². The van der Waals surface area contributed by atoms with Crippen LogP contribution in [-0.4, -0.2) is 16.7 Å². The minimum Gasteiger partial charge on any atom is -0.457 e. The van der Waals surface area contributed by atoms with E-state index in [1.54, 1.807) is 66.7 Å². The largest absolute Gasteiger partial charge is 0.457 e. The number of ketones is 1. The molecule has 0 aliphatic rings. The van der Waals surface area contributed by atoms with Crippen molar-refractivity contribution in [3.8, 4) is 11.5 Å². The van der Waals surface area contributed by atoms with Crippen molar-refractivity contribution in [3.63, 3.8) is 0 Å². The van der Waals surface area contributed by atoms with Gasteiger partial charge in [-0.1, -0.05) is 60.1 Å². The fourth-order valence-electron chi connectivity index (χ4n) is 3.30. The SMILES string of the molecule is O=C(O[C@H](C(=O)c1ccccc1)c1ccc(Cl)cc1)c1cccc(Oc2ccc([N+](=O)[O-])cc2)c1. The number of carbonyl (C=O) groups is 2. The first-order valence-electron chi connectivity index (χ1n) is 10.5. The van der Waals surface area contributed by atoms with Gasteiger partial charge in [-0.05, 0) is 42.5 Å². The minimum atomic E-state index is -1.18. The summed E-state index contributed by atoms with van der Waals surface area (Å²) in [5.74, 6) is -0.409. The number of benzene rings is 4. The number of rotatable bonds is 8. The zero-order valence-corrected chi connectivity index (χ0v) is 18.9. The molecule has 0 N–H and O–H groups in total. The molecule has 35 heavy (non-hydrogen) atoms. The molecule has 7 nitrogen and oxygen atoms in total. The molecular weight excluding hydrogens is 470 g/mol. The highest BCUT2D eigenvalue weighted by molar-refractivity contribution is 6.30. The summed E-state index contributed by atoms with van der Waals surface area (Å²) in [6.45, 7) is 0. The maximum absolute atomic E-state index is 13.2. The van der Waals surface area contributed by atoms with Crippen LogP contribution >= 0.6 is 11.6 Å². The molecule has 4 rings (SSSR count). The fraction of sp³-hybridized carbons (Fsp3) is 0.0370. The normalized spacial score (nSPS) is 11.3. The number of hydrogen-bond donors (Lipinski definition) is 0. The van der Waals surface area contributed by atoms with Gasteiger partial charge in [-0.25, -0.2) is 4.79 Å². The smallest absolute Gasteiger partial charge is 0.339 e. The molecule has 0 heterocycles. The van der Waals surface area contributed by atoms with E-state index in [2.05, 4.69) is 0 Å². The molecule has 0 saturated carbocycles. The third kappa shape index (κ3) is 5.90. The van der Waals surface area contributed by atoms with E-state index in [0.29, 0.717) is 27.6 Å². The Balaban J connectivity index is 1.56. The Morgan fingerprint density at radius 3 is 2.09 bits per heavy atom. The zero-order valence-electron chi connectivity index (χ0n) is 18.2. The number of non-ortho nitro benzene ring substituents is 1. The van der Waals surface area contributed by atoms with Crippen LogP contribution in [0.4, 0.5) is 5.69 Å². The van der Waals surface area contributed by atoms with E-state index in [4.69, 9.17) is 21.1 Å². The van der Waals surface area contributed by atoms with Crippen molar-refractivity contribution in [2.75, 3.05) is 0 Å². The zero-order chi connectivity index (χ0) is 24.8. The van der Waals surface area contributed by atoms with E-state index in [1.807, 2.05) is 0 Å². The van der Waals surface area contributed by atoms with E-state index in [-0.39, 0.29) is 17.0 Å². The molecule has 0 fully saturated rings. The number of hydrogen-bond acceptors (Lipinski definition) is 6. The molecule has 4 aromatic rings. The van der Waals surface area contributed by atoms with Gasteiger partial charge >= 0.3 is 5.97 Å². The molecule has 0 bridgehead atoms. The number of Topliss-reactive ketones (excluding diaryl/α,β-unsaturated/α-hetero) is 1. The summed E-state index contributed by atoms with van der Waals surface area (Å²) in [5, 5.41) is 11.3. The van der Waals surface area contributed by atoms with Crippen LogP contribution in [-0.2, 0) is 4.74 Å². The van der Waals surface area contributed by atoms with Crippen molar-refractivity contribution >= 4 is 29.0 Å². The van der Waals surface area contributed by atoms with Gasteiger partial charge in [-0.2, -0.15) is 0 Å². The van der Waals surface area contributed by atoms with Crippen LogP contribution in [0.15, 0.2) is 103 Å². The van der Waals surface area contributed by atoms with Crippen LogP contribution in [0.1, 0.15) is 32.4 Å². The van der Waals surface area contributed by atoms with E-state index >= 15 is 0 Å². The van der Waals surface area contributed by atoms with Gasteiger partial charge in [-0.15, -0.1) is 0 Å². The Kier molecular flexibility index (Phi) is 7.18. The number of nitrogens with zero attached hydrogens (tertiary/aromatic N) is 1. The highest BCUT2D eigenvalue weighted by Crippen LogP contribution is 2.28. The number of nitro groups is 1. The van der Waals surface area contributed by atoms with E-state index in [0.717, 1.165) is 0 Å². The first-order valence-corrected chi connectivity index (χ1v) is 10.9. The molecule has 0 aromatic heterocycles. The summed E-state index contributed by atoms with van der Waals surface area (Å²) in [7, 11) is 0. The maximum atomic E-state index is 13.2. The molecule has 0 aliphatic heterocycles. The van der Waals surface area contributed by atoms with Gasteiger partial charge in [0, 0.05) is 28.3 Å². The maximum Gasteiger partial charge on any atom is 0.339 e. The molecule has 0 spiro atoms. The summed E-state index contributed by atoms with van der Waals surface area (Å²) < 4.78 is 11.4. The van der Waals surface area contributed by atoms with Gasteiger partial charge in [0.25, 0.3) is 5.69 Å². The lowest BCUT2D eigenvalue weighted by Gasteiger charge is -2.18. The quantitative estimate of drug-likeness (QED) is 0.117. The molecule has 0 unspecified atom stereocenters. The summed E-state index contributed by atoms with van der Waals surface area (Å²) >= 11 is 5.98. The summed E-state index contributed by atoms with van der Waals surface area (Å²) in [6.07, 6.45) is -1.18. The van der Waals surface area contributed by atoms with Crippen LogP contribution in [0.3, 0.4) is 0 Å². The Morgan fingerprint density at radius 2 is 1.43 bits per heavy atom. The Bertz CT molecular complexity index is 1350. The number of ether oxygens (including phenoxy) is 2. The van der Waals surface area contributed by atoms with Crippen LogP contribution in [0.5, 0.6) is 11.5 Å². The number of esters is 1. The summed E-state index contributed by atoms with van der Waals surface area (Å²) in [4.78, 5) is 36.5. The molecule has 0 radical (unpaired) electrons.